The Bertz CT molecular complexity index is 1140. The Hall–Kier alpha value is -3.53. The summed E-state index contributed by atoms with van der Waals surface area (Å²) < 4.78 is 10.7. The molecule has 0 aromatic carbocycles. The van der Waals surface area contributed by atoms with Crippen LogP contribution in [0.4, 0.5) is 11.8 Å². The van der Waals surface area contributed by atoms with Gasteiger partial charge in [0.2, 0.25) is 11.8 Å². The molecule has 1 amide bonds. The first kappa shape index (κ1) is 23.2. The molecule has 0 atom stereocenters. The van der Waals surface area contributed by atoms with E-state index in [0.29, 0.717) is 55.7 Å². The van der Waals surface area contributed by atoms with Crippen molar-refractivity contribution >= 4 is 28.6 Å². The number of amides is 1. The first-order chi connectivity index (χ1) is 17.2. The van der Waals surface area contributed by atoms with E-state index >= 15 is 0 Å². The lowest BCUT2D eigenvalue weighted by atomic mass is 9.86. The van der Waals surface area contributed by atoms with Crippen LogP contribution in [0.1, 0.15) is 36.0 Å². The lowest BCUT2D eigenvalue weighted by Crippen LogP contribution is -2.40. The molecule has 3 aromatic rings. The Balaban J connectivity index is 1.08. The van der Waals surface area contributed by atoms with Crippen molar-refractivity contribution in [2.45, 2.75) is 31.7 Å². The van der Waals surface area contributed by atoms with E-state index in [4.69, 9.17) is 14.5 Å². The minimum absolute atomic E-state index is 0.0405. The van der Waals surface area contributed by atoms with Gasteiger partial charge in [0.05, 0.1) is 25.9 Å². The van der Waals surface area contributed by atoms with Crippen LogP contribution in [0.5, 0.6) is 5.88 Å². The second kappa shape index (κ2) is 10.8. The molecule has 0 bridgehead atoms. The Morgan fingerprint density at radius 1 is 1.09 bits per heavy atom. The summed E-state index contributed by atoms with van der Waals surface area (Å²) in [6.07, 6.45) is 9.31. The third kappa shape index (κ3) is 5.59. The van der Waals surface area contributed by atoms with Gasteiger partial charge in [0.25, 0.3) is 5.91 Å². The van der Waals surface area contributed by atoms with Crippen molar-refractivity contribution < 1.29 is 14.3 Å². The third-order valence-corrected chi connectivity index (χ3v) is 6.71. The minimum atomic E-state index is -0.0405. The molecule has 35 heavy (non-hydrogen) atoms. The molecule has 0 unspecified atom stereocenters. The summed E-state index contributed by atoms with van der Waals surface area (Å²) in [6, 6.07) is 6.39. The lowest BCUT2D eigenvalue weighted by Gasteiger charge is -2.29. The lowest BCUT2D eigenvalue weighted by molar-refractivity contribution is 0.0302. The predicted octanol–water partition coefficient (Wildman–Crippen LogP) is 2.98. The van der Waals surface area contributed by atoms with Crippen LogP contribution < -0.4 is 15.4 Å². The van der Waals surface area contributed by atoms with Gasteiger partial charge in [0.1, 0.15) is 11.3 Å². The summed E-state index contributed by atoms with van der Waals surface area (Å²) in [5.41, 5.74) is 1.29. The van der Waals surface area contributed by atoms with E-state index in [1.54, 1.807) is 30.6 Å². The summed E-state index contributed by atoms with van der Waals surface area (Å²) in [7, 11) is 1.61. The Labute approximate surface area is 204 Å². The standard InChI is InChI=1S/C25H31N7O3/c1-34-23-22-18(8-9-26-23)4-7-21(31-22)30-20-5-2-17(3-6-20)14-27-25-28-15-19(16-29-25)24(33)32-10-12-35-13-11-32/h4,7-9,15-17,20H,2-3,5-6,10-14H2,1H3,(H,30,31)(H,27,28,29). The van der Waals surface area contributed by atoms with Crippen molar-refractivity contribution in [2.24, 2.45) is 5.92 Å². The number of morpholine rings is 1. The summed E-state index contributed by atoms with van der Waals surface area (Å²) in [6.45, 7) is 3.20. The predicted molar refractivity (Wildman–Crippen MR) is 133 cm³/mol. The van der Waals surface area contributed by atoms with Crippen LogP contribution >= 0.6 is 0 Å². The maximum Gasteiger partial charge on any atom is 0.257 e. The van der Waals surface area contributed by atoms with E-state index in [1.807, 2.05) is 18.2 Å². The molecule has 184 valence electrons. The highest BCUT2D eigenvalue weighted by Gasteiger charge is 2.22. The highest BCUT2D eigenvalue weighted by Crippen LogP contribution is 2.28. The summed E-state index contributed by atoms with van der Waals surface area (Å²) in [5.74, 6) is 2.47. The molecule has 10 heteroatoms. The van der Waals surface area contributed by atoms with E-state index in [2.05, 4.69) is 25.6 Å². The molecule has 3 aromatic heterocycles. The summed E-state index contributed by atoms with van der Waals surface area (Å²) in [5, 5.41) is 7.93. The monoisotopic (exact) mass is 477 g/mol. The number of aromatic nitrogens is 4. The molecule has 2 aliphatic rings. The van der Waals surface area contributed by atoms with Crippen LogP contribution in [0, 0.1) is 5.92 Å². The number of fused-ring (bicyclic) bond motifs is 1. The molecule has 0 spiro atoms. The van der Waals surface area contributed by atoms with E-state index in [-0.39, 0.29) is 5.91 Å². The first-order valence-corrected chi connectivity index (χ1v) is 12.2. The molecule has 10 nitrogen and oxygen atoms in total. The Kier molecular flexibility index (Phi) is 7.17. The molecule has 5 rings (SSSR count). The molecule has 1 aliphatic carbocycles. The normalized spacial score (nSPS) is 20.4. The maximum absolute atomic E-state index is 12.5. The number of pyridine rings is 2. The topological polar surface area (TPSA) is 114 Å². The zero-order valence-electron chi connectivity index (χ0n) is 19.9. The number of hydrogen-bond donors (Lipinski definition) is 2. The van der Waals surface area contributed by atoms with Crippen molar-refractivity contribution in [3.63, 3.8) is 0 Å². The van der Waals surface area contributed by atoms with Gasteiger partial charge in [-0.3, -0.25) is 4.79 Å². The number of carbonyl (C=O) groups excluding carboxylic acids is 1. The highest BCUT2D eigenvalue weighted by atomic mass is 16.5. The maximum atomic E-state index is 12.5. The van der Waals surface area contributed by atoms with Crippen LogP contribution in [0.15, 0.2) is 36.8 Å². The number of nitrogens with one attached hydrogen (secondary N) is 2. The Morgan fingerprint density at radius 3 is 2.60 bits per heavy atom. The largest absolute Gasteiger partial charge is 0.479 e. The molecule has 2 N–H and O–H groups in total. The zero-order valence-corrected chi connectivity index (χ0v) is 19.9. The van der Waals surface area contributed by atoms with Crippen molar-refractivity contribution in [1.82, 2.24) is 24.8 Å². The first-order valence-electron chi connectivity index (χ1n) is 12.2. The average molecular weight is 478 g/mol. The van der Waals surface area contributed by atoms with E-state index < -0.39 is 0 Å². The molecular formula is C25H31N7O3. The van der Waals surface area contributed by atoms with Crippen molar-refractivity contribution in [2.75, 3.05) is 50.6 Å². The van der Waals surface area contributed by atoms with Crippen molar-refractivity contribution in [3.8, 4) is 5.88 Å². The Morgan fingerprint density at radius 2 is 1.86 bits per heavy atom. The van der Waals surface area contributed by atoms with E-state index in [9.17, 15) is 4.79 Å². The molecule has 2 fully saturated rings. The zero-order chi connectivity index (χ0) is 24.0. The van der Waals surface area contributed by atoms with Gasteiger partial charge in [-0.05, 0) is 49.8 Å². The van der Waals surface area contributed by atoms with Gasteiger partial charge in [0.15, 0.2) is 0 Å². The van der Waals surface area contributed by atoms with Gasteiger partial charge in [-0.2, -0.15) is 0 Å². The fourth-order valence-corrected chi connectivity index (χ4v) is 4.69. The van der Waals surface area contributed by atoms with Crippen molar-refractivity contribution in [3.05, 3.63) is 42.4 Å². The average Bonchev–Trinajstić information content (AvgIpc) is 2.92. The molecule has 1 saturated heterocycles. The number of rotatable bonds is 7. The van der Waals surface area contributed by atoms with Crippen molar-refractivity contribution in [1.29, 1.82) is 0 Å². The number of nitrogens with zero attached hydrogens (tertiary/aromatic N) is 5. The highest BCUT2D eigenvalue weighted by molar-refractivity contribution is 5.93. The summed E-state index contributed by atoms with van der Waals surface area (Å²) >= 11 is 0. The van der Waals surface area contributed by atoms with Crippen LogP contribution in [-0.4, -0.2) is 76.7 Å². The number of methoxy groups -OCH3 is 1. The second-order valence-electron chi connectivity index (χ2n) is 9.03. The molecular weight excluding hydrogens is 446 g/mol. The smallest absolute Gasteiger partial charge is 0.257 e. The molecule has 4 heterocycles. The second-order valence-corrected chi connectivity index (χ2v) is 9.03. The van der Waals surface area contributed by atoms with Crippen LogP contribution in [-0.2, 0) is 4.74 Å². The van der Waals surface area contributed by atoms with E-state index in [1.165, 1.54) is 0 Å². The molecule has 1 aliphatic heterocycles. The minimum Gasteiger partial charge on any atom is -0.479 e. The van der Waals surface area contributed by atoms with Gasteiger partial charge in [-0.25, -0.2) is 19.9 Å². The number of ether oxygens (including phenoxy) is 2. The van der Waals surface area contributed by atoms with Gasteiger partial charge in [0, 0.05) is 49.7 Å². The van der Waals surface area contributed by atoms with E-state index in [0.717, 1.165) is 48.9 Å². The van der Waals surface area contributed by atoms with Gasteiger partial charge in [-0.15, -0.1) is 0 Å². The quantitative estimate of drug-likeness (QED) is 0.530. The van der Waals surface area contributed by atoms with Gasteiger partial charge in [-0.1, -0.05) is 0 Å². The fraction of sp³-hybridized carbons (Fsp3) is 0.480. The van der Waals surface area contributed by atoms with Crippen LogP contribution in [0.3, 0.4) is 0 Å². The number of anilines is 2. The molecule has 0 radical (unpaired) electrons. The molecule has 1 saturated carbocycles. The summed E-state index contributed by atoms with van der Waals surface area (Å²) in [4.78, 5) is 32.0. The number of hydrogen-bond acceptors (Lipinski definition) is 9. The number of carbonyl (C=O) groups is 1. The van der Waals surface area contributed by atoms with Crippen LogP contribution in [0.2, 0.25) is 0 Å². The van der Waals surface area contributed by atoms with Crippen LogP contribution in [0.25, 0.3) is 10.9 Å². The van der Waals surface area contributed by atoms with Gasteiger partial charge < -0.3 is 25.0 Å². The third-order valence-electron chi connectivity index (χ3n) is 6.71. The SMILES string of the molecule is COc1nccc2ccc(NC3CCC(CNc4ncc(C(=O)N5CCOCC5)cn4)CC3)nc12. The fourth-order valence-electron chi connectivity index (χ4n) is 4.69. The van der Waals surface area contributed by atoms with Gasteiger partial charge >= 0.3 is 0 Å².